The first-order valence-corrected chi connectivity index (χ1v) is 10.6. The fourth-order valence-electron chi connectivity index (χ4n) is 2.37. The lowest BCUT2D eigenvalue weighted by atomic mass is 10.2. The van der Waals surface area contributed by atoms with Crippen molar-refractivity contribution in [3.05, 3.63) is 53.6 Å². The van der Waals surface area contributed by atoms with Crippen LogP contribution >= 0.6 is 23.4 Å². The Balaban J connectivity index is 1.87. The van der Waals surface area contributed by atoms with Crippen LogP contribution in [0.5, 0.6) is 0 Å². The number of rotatable bonds is 6. The molecule has 10 heteroatoms. The van der Waals surface area contributed by atoms with Gasteiger partial charge in [-0.25, -0.2) is 8.42 Å². The summed E-state index contributed by atoms with van der Waals surface area (Å²) in [5.41, 5.74) is 0.860. The van der Waals surface area contributed by atoms with Gasteiger partial charge in [-0.1, -0.05) is 11.6 Å². The Hall–Kier alpha value is -1.97. The number of halogens is 3. The lowest BCUT2D eigenvalue weighted by Crippen LogP contribution is -2.11. The molecule has 0 amide bonds. The van der Waals surface area contributed by atoms with Crippen molar-refractivity contribution in [1.82, 2.24) is 14.8 Å². The van der Waals surface area contributed by atoms with Crippen LogP contribution in [-0.4, -0.2) is 28.9 Å². The van der Waals surface area contributed by atoms with E-state index in [-0.39, 0.29) is 0 Å². The summed E-state index contributed by atoms with van der Waals surface area (Å²) in [6, 6.07) is 12.5. The highest BCUT2D eigenvalue weighted by molar-refractivity contribution is 7.99. The molecular weight excluding hydrogens is 416 g/mol. The lowest BCUT2D eigenvalue weighted by molar-refractivity contribution is 0.234. The molecule has 0 radical (unpaired) electrons. The molecule has 0 saturated heterocycles. The highest BCUT2D eigenvalue weighted by Crippen LogP contribution is 2.31. The maximum absolute atomic E-state index is 12.6. The van der Waals surface area contributed by atoms with E-state index in [4.69, 9.17) is 11.6 Å². The van der Waals surface area contributed by atoms with Crippen molar-refractivity contribution in [2.24, 2.45) is 0 Å². The maximum Gasteiger partial charge on any atom is 0.341 e. The van der Waals surface area contributed by atoms with Crippen molar-refractivity contribution in [2.75, 3.05) is 0 Å². The molecule has 27 heavy (non-hydrogen) atoms. The number of sulfone groups is 1. The molecule has 0 unspecified atom stereocenters. The van der Waals surface area contributed by atoms with E-state index in [2.05, 4.69) is 10.2 Å². The molecule has 0 N–H and O–H groups in total. The summed E-state index contributed by atoms with van der Waals surface area (Å²) in [6.07, 6.45) is 0. The summed E-state index contributed by atoms with van der Waals surface area (Å²) in [4.78, 5) is 0.244. The molecular formula is C17H14ClF2N3O2S2. The Bertz CT molecular complexity index is 1040. The van der Waals surface area contributed by atoms with E-state index in [1.807, 2.05) is 23.6 Å². The molecule has 0 aliphatic rings. The summed E-state index contributed by atoms with van der Waals surface area (Å²) >= 11 is 7.18. The van der Waals surface area contributed by atoms with Gasteiger partial charge in [0.25, 0.3) is 0 Å². The molecule has 3 aromatic rings. The van der Waals surface area contributed by atoms with E-state index in [1.165, 1.54) is 23.9 Å². The molecule has 3 rings (SSSR count). The van der Waals surface area contributed by atoms with Crippen LogP contribution in [-0.2, 0) is 16.4 Å². The van der Waals surface area contributed by atoms with Gasteiger partial charge < -0.3 is 4.57 Å². The monoisotopic (exact) mass is 429 g/mol. The Kier molecular flexibility index (Phi) is 5.83. The summed E-state index contributed by atoms with van der Waals surface area (Å²) in [5, 5.41) is 9.63. The second-order valence-corrected chi connectivity index (χ2v) is 8.83. The van der Waals surface area contributed by atoms with Gasteiger partial charge in [0.2, 0.25) is 9.84 Å². The van der Waals surface area contributed by atoms with Crippen LogP contribution in [0.25, 0.3) is 11.4 Å². The second kappa shape index (κ2) is 7.95. The van der Waals surface area contributed by atoms with Crippen molar-refractivity contribution < 1.29 is 17.2 Å². The molecule has 0 aliphatic heterocycles. The first kappa shape index (κ1) is 19.8. The molecule has 142 valence electrons. The van der Waals surface area contributed by atoms with Gasteiger partial charge in [-0.2, -0.15) is 8.78 Å². The zero-order valence-electron chi connectivity index (χ0n) is 14.0. The standard InChI is InChI=1S/C17H14ClF2N3O2S2/c1-2-23-15(11-3-5-12(18)6-4-11)21-22-17(23)26-13-7-9-14(10-8-13)27(24,25)16(19)20/h3-10,16H,2H2,1H3. The number of nitrogens with zero attached hydrogens (tertiary/aromatic N) is 3. The van der Waals surface area contributed by atoms with E-state index in [0.717, 1.165) is 17.7 Å². The highest BCUT2D eigenvalue weighted by atomic mass is 35.5. The number of hydrogen-bond acceptors (Lipinski definition) is 5. The minimum atomic E-state index is -4.60. The summed E-state index contributed by atoms with van der Waals surface area (Å²) in [5.74, 6) is -2.77. The summed E-state index contributed by atoms with van der Waals surface area (Å²) < 4.78 is 50.1. The van der Waals surface area contributed by atoms with Gasteiger partial charge in [0.05, 0.1) is 4.90 Å². The van der Waals surface area contributed by atoms with Gasteiger partial charge in [0, 0.05) is 22.0 Å². The average molecular weight is 430 g/mol. The van der Waals surface area contributed by atoms with E-state index in [0.29, 0.717) is 27.4 Å². The smallest absolute Gasteiger partial charge is 0.302 e. The van der Waals surface area contributed by atoms with Crippen LogP contribution in [0.15, 0.2) is 63.5 Å². The topological polar surface area (TPSA) is 64.8 Å². The van der Waals surface area contributed by atoms with Crippen LogP contribution < -0.4 is 0 Å². The minimum absolute atomic E-state index is 0.416. The molecule has 0 fully saturated rings. The van der Waals surface area contributed by atoms with Gasteiger partial charge in [-0.05, 0) is 67.2 Å². The fourth-order valence-corrected chi connectivity index (χ4v) is 4.10. The van der Waals surface area contributed by atoms with Gasteiger partial charge in [0.15, 0.2) is 11.0 Å². The number of hydrogen-bond donors (Lipinski definition) is 0. The predicted molar refractivity (Wildman–Crippen MR) is 99.9 cm³/mol. The van der Waals surface area contributed by atoms with Gasteiger partial charge >= 0.3 is 5.76 Å². The maximum atomic E-state index is 12.6. The zero-order valence-corrected chi connectivity index (χ0v) is 16.4. The van der Waals surface area contributed by atoms with Gasteiger partial charge in [-0.3, -0.25) is 0 Å². The fraction of sp³-hybridized carbons (Fsp3) is 0.176. The van der Waals surface area contributed by atoms with Crippen LogP contribution in [0.1, 0.15) is 6.92 Å². The largest absolute Gasteiger partial charge is 0.341 e. The van der Waals surface area contributed by atoms with Crippen LogP contribution in [0.2, 0.25) is 5.02 Å². The zero-order chi connectivity index (χ0) is 19.6. The molecule has 0 atom stereocenters. The molecule has 1 heterocycles. The Morgan fingerprint density at radius 3 is 2.26 bits per heavy atom. The van der Waals surface area contributed by atoms with Crippen LogP contribution in [0, 0.1) is 0 Å². The Morgan fingerprint density at radius 2 is 1.70 bits per heavy atom. The SMILES string of the molecule is CCn1c(Sc2ccc(S(=O)(=O)C(F)F)cc2)nnc1-c1ccc(Cl)cc1. The van der Waals surface area contributed by atoms with Crippen LogP contribution in [0.3, 0.4) is 0 Å². The third kappa shape index (κ3) is 4.15. The summed E-state index contributed by atoms with van der Waals surface area (Å²) in [6.45, 7) is 2.57. The number of benzene rings is 2. The third-order valence-electron chi connectivity index (χ3n) is 3.73. The molecule has 0 spiro atoms. The second-order valence-electron chi connectivity index (χ2n) is 5.44. The first-order chi connectivity index (χ1) is 12.8. The molecule has 1 aromatic heterocycles. The minimum Gasteiger partial charge on any atom is -0.302 e. The molecule has 0 aliphatic carbocycles. The van der Waals surface area contributed by atoms with Crippen molar-refractivity contribution in [3.8, 4) is 11.4 Å². The van der Waals surface area contributed by atoms with E-state index in [1.54, 1.807) is 12.1 Å². The number of aromatic nitrogens is 3. The van der Waals surface area contributed by atoms with E-state index in [9.17, 15) is 17.2 Å². The van der Waals surface area contributed by atoms with Crippen molar-refractivity contribution >= 4 is 33.2 Å². The van der Waals surface area contributed by atoms with Crippen molar-refractivity contribution in [3.63, 3.8) is 0 Å². The first-order valence-electron chi connectivity index (χ1n) is 7.82. The van der Waals surface area contributed by atoms with Gasteiger partial charge in [-0.15, -0.1) is 10.2 Å². The van der Waals surface area contributed by atoms with Crippen molar-refractivity contribution in [2.45, 2.75) is 34.2 Å². The average Bonchev–Trinajstić information content (AvgIpc) is 3.05. The lowest BCUT2D eigenvalue weighted by Gasteiger charge is -2.08. The van der Waals surface area contributed by atoms with Crippen LogP contribution in [0.4, 0.5) is 8.78 Å². The highest BCUT2D eigenvalue weighted by Gasteiger charge is 2.26. The quantitative estimate of drug-likeness (QED) is 0.565. The third-order valence-corrected chi connectivity index (χ3v) is 6.37. The predicted octanol–water partition coefficient (Wildman–Crippen LogP) is 4.77. The van der Waals surface area contributed by atoms with E-state index < -0.39 is 20.5 Å². The molecule has 0 bridgehead atoms. The van der Waals surface area contributed by atoms with E-state index >= 15 is 0 Å². The molecule has 2 aromatic carbocycles. The normalized spacial score (nSPS) is 11.9. The molecule has 0 saturated carbocycles. The summed E-state index contributed by atoms with van der Waals surface area (Å²) in [7, 11) is -4.60. The molecule has 5 nitrogen and oxygen atoms in total. The van der Waals surface area contributed by atoms with Gasteiger partial charge in [0.1, 0.15) is 0 Å². The Morgan fingerprint density at radius 1 is 1.07 bits per heavy atom. The van der Waals surface area contributed by atoms with Crippen molar-refractivity contribution in [1.29, 1.82) is 0 Å². The number of alkyl halides is 2. The Labute approximate surface area is 164 Å².